The van der Waals surface area contributed by atoms with Gasteiger partial charge in [0.2, 0.25) is 0 Å². The predicted octanol–water partition coefficient (Wildman–Crippen LogP) is 16.3. The molecule has 0 saturated carbocycles. The molecule has 0 amide bonds. The van der Waals surface area contributed by atoms with Gasteiger partial charge in [-0.1, -0.05) is 170 Å². The molecular formula is C63H37N5O. The van der Waals surface area contributed by atoms with Crippen molar-refractivity contribution in [3.8, 4) is 67.7 Å². The van der Waals surface area contributed by atoms with Gasteiger partial charge in [0.1, 0.15) is 11.2 Å². The zero-order chi connectivity index (χ0) is 45.4. The topological polar surface area (TPSA) is 77.6 Å². The van der Waals surface area contributed by atoms with Gasteiger partial charge in [-0.05, 0) is 103 Å². The van der Waals surface area contributed by atoms with Gasteiger partial charge in [-0.2, -0.15) is 0 Å². The summed E-state index contributed by atoms with van der Waals surface area (Å²) in [4.78, 5) is 26.4. The zero-order valence-electron chi connectivity index (χ0n) is 37.0. The minimum Gasteiger partial charge on any atom is -0.456 e. The molecule has 0 spiro atoms. The van der Waals surface area contributed by atoms with Crippen molar-refractivity contribution in [3.05, 3.63) is 225 Å². The van der Waals surface area contributed by atoms with Crippen molar-refractivity contribution in [1.82, 2.24) is 24.9 Å². The van der Waals surface area contributed by atoms with Crippen molar-refractivity contribution >= 4 is 76.1 Å². The Morgan fingerprint density at radius 2 is 0.768 bits per heavy atom. The Morgan fingerprint density at radius 3 is 1.46 bits per heavy atom. The maximum absolute atomic E-state index is 6.60. The van der Waals surface area contributed by atoms with Crippen molar-refractivity contribution in [2.75, 3.05) is 0 Å². The van der Waals surface area contributed by atoms with E-state index in [1.807, 2.05) is 48.7 Å². The third-order valence-corrected chi connectivity index (χ3v) is 13.5. The summed E-state index contributed by atoms with van der Waals surface area (Å²) in [6.45, 7) is 0. The number of furan rings is 1. The van der Waals surface area contributed by atoms with Gasteiger partial charge in [0, 0.05) is 43.8 Å². The molecule has 69 heavy (non-hydrogen) atoms. The molecule has 0 unspecified atom stereocenters. The zero-order valence-corrected chi connectivity index (χ0v) is 37.0. The molecular weight excluding hydrogens is 843 g/mol. The van der Waals surface area contributed by atoms with Gasteiger partial charge in [0.15, 0.2) is 17.5 Å². The monoisotopic (exact) mass is 879 g/mol. The highest BCUT2D eigenvalue weighted by molar-refractivity contribution is 6.23. The molecule has 0 saturated heterocycles. The average Bonchev–Trinajstić information content (AvgIpc) is 3.80. The van der Waals surface area contributed by atoms with Crippen LogP contribution in [0.2, 0.25) is 0 Å². The van der Waals surface area contributed by atoms with E-state index in [-0.39, 0.29) is 0 Å². The van der Waals surface area contributed by atoms with Crippen LogP contribution in [0.3, 0.4) is 0 Å². The van der Waals surface area contributed by atoms with Crippen LogP contribution >= 0.6 is 0 Å². The van der Waals surface area contributed by atoms with E-state index in [4.69, 9.17) is 29.3 Å². The van der Waals surface area contributed by atoms with Gasteiger partial charge in [0.05, 0.1) is 22.9 Å². The highest BCUT2D eigenvalue weighted by Gasteiger charge is 2.20. The number of nitrogens with zero attached hydrogens (tertiary/aromatic N) is 5. The Hall–Kier alpha value is -9.39. The summed E-state index contributed by atoms with van der Waals surface area (Å²) in [7, 11) is 0. The van der Waals surface area contributed by atoms with E-state index >= 15 is 0 Å². The Labute approximate surface area is 395 Å². The fraction of sp³-hybridized carbons (Fsp3) is 0. The number of hydrogen-bond acceptors (Lipinski definition) is 6. The SMILES string of the molecule is c1ccc(-c2ccc3c(c2)oc2cc(-c4nc(-c5ccccc5)nc(-c5cc(-c6cnc7c8ccccc8c8ccccc8c7n6)cc(-c6cc7ccccc7c7ccccc67)c5)n4)ccc23)cc1. The van der Waals surface area contributed by atoms with Crippen LogP contribution in [0.15, 0.2) is 229 Å². The Morgan fingerprint density at radius 1 is 0.275 bits per heavy atom. The lowest BCUT2D eigenvalue weighted by atomic mass is 9.91. The van der Waals surface area contributed by atoms with E-state index in [9.17, 15) is 0 Å². The molecule has 0 N–H and O–H groups in total. The summed E-state index contributed by atoms with van der Waals surface area (Å²) in [5, 5.41) is 11.2. The first-order valence-corrected chi connectivity index (χ1v) is 23.1. The van der Waals surface area contributed by atoms with Gasteiger partial charge >= 0.3 is 0 Å². The summed E-state index contributed by atoms with van der Waals surface area (Å²) in [5.74, 6) is 1.65. The molecule has 320 valence electrons. The van der Waals surface area contributed by atoms with E-state index < -0.39 is 0 Å². The third-order valence-electron chi connectivity index (χ3n) is 13.5. The molecule has 0 fully saturated rings. The first-order chi connectivity index (χ1) is 34.2. The fourth-order valence-corrected chi connectivity index (χ4v) is 10.2. The lowest BCUT2D eigenvalue weighted by Crippen LogP contribution is -2.01. The van der Waals surface area contributed by atoms with Crippen LogP contribution in [0.1, 0.15) is 0 Å². The number of aromatic nitrogens is 5. The number of hydrogen-bond donors (Lipinski definition) is 0. The molecule has 0 radical (unpaired) electrons. The minimum absolute atomic E-state index is 0.537. The number of benzene rings is 11. The maximum Gasteiger partial charge on any atom is 0.164 e. The first-order valence-electron chi connectivity index (χ1n) is 23.1. The van der Waals surface area contributed by atoms with E-state index in [1.165, 1.54) is 10.8 Å². The molecule has 14 rings (SSSR count). The normalized spacial score (nSPS) is 11.8. The Bertz CT molecular complexity index is 4340. The van der Waals surface area contributed by atoms with Crippen LogP contribution in [-0.4, -0.2) is 24.9 Å². The first kappa shape index (κ1) is 38.8. The van der Waals surface area contributed by atoms with Crippen LogP contribution in [0.5, 0.6) is 0 Å². The van der Waals surface area contributed by atoms with Crippen LogP contribution in [0.25, 0.3) is 144 Å². The second kappa shape index (κ2) is 15.6. The molecule has 0 atom stereocenters. The summed E-state index contributed by atoms with van der Waals surface area (Å²) in [6, 6.07) is 76.2. The van der Waals surface area contributed by atoms with E-state index in [0.29, 0.717) is 17.5 Å². The second-order valence-corrected chi connectivity index (χ2v) is 17.6. The smallest absolute Gasteiger partial charge is 0.164 e. The minimum atomic E-state index is 0.537. The highest BCUT2D eigenvalue weighted by atomic mass is 16.3. The van der Waals surface area contributed by atoms with Crippen LogP contribution in [-0.2, 0) is 0 Å². The van der Waals surface area contributed by atoms with Crippen molar-refractivity contribution in [1.29, 1.82) is 0 Å². The van der Waals surface area contributed by atoms with Crippen LogP contribution in [0.4, 0.5) is 0 Å². The van der Waals surface area contributed by atoms with Gasteiger partial charge in [-0.25, -0.2) is 19.9 Å². The molecule has 14 aromatic rings. The lowest BCUT2D eigenvalue weighted by molar-refractivity contribution is 0.669. The standard InChI is InChI=1S/C63H37N5O/c1-3-15-38(16-4-1)40-27-29-51-52-30-28-42(36-58(52)69-57(51)35-40)62-66-61(39-17-5-2-6-18-39)67-63(68-62)45-32-43(55-34-41-19-7-8-20-46(41)47-21-9-10-24-50(47)55)31-44(33-45)56-37-64-59-53-25-13-11-22-48(53)49-23-12-14-26-54(49)60(59)65-56/h1-37H. The van der Waals surface area contributed by atoms with Gasteiger partial charge in [-0.3, -0.25) is 4.98 Å². The fourth-order valence-electron chi connectivity index (χ4n) is 10.2. The van der Waals surface area contributed by atoms with Crippen LogP contribution in [0, 0.1) is 0 Å². The molecule has 6 heteroatoms. The second-order valence-electron chi connectivity index (χ2n) is 17.6. The molecule has 0 aliphatic carbocycles. The van der Waals surface area contributed by atoms with Crippen molar-refractivity contribution in [3.63, 3.8) is 0 Å². The number of rotatable bonds is 6. The van der Waals surface area contributed by atoms with Gasteiger partial charge in [0.25, 0.3) is 0 Å². The number of fused-ring (bicyclic) bond motifs is 12. The van der Waals surface area contributed by atoms with E-state index in [0.717, 1.165) is 115 Å². The Balaban J connectivity index is 0.996. The molecule has 3 heterocycles. The predicted molar refractivity (Wildman–Crippen MR) is 283 cm³/mol. The Kier molecular flexibility index (Phi) is 8.79. The lowest BCUT2D eigenvalue weighted by Gasteiger charge is -2.15. The van der Waals surface area contributed by atoms with Crippen molar-refractivity contribution in [2.24, 2.45) is 0 Å². The highest BCUT2D eigenvalue weighted by Crippen LogP contribution is 2.41. The average molecular weight is 880 g/mol. The largest absolute Gasteiger partial charge is 0.456 e. The molecule has 0 aliphatic heterocycles. The quantitative estimate of drug-likeness (QED) is 0.155. The maximum atomic E-state index is 6.60. The summed E-state index contributed by atoms with van der Waals surface area (Å²) >= 11 is 0. The third kappa shape index (κ3) is 6.53. The summed E-state index contributed by atoms with van der Waals surface area (Å²) in [6.07, 6.45) is 1.91. The summed E-state index contributed by atoms with van der Waals surface area (Å²) in [5.41, 5.74) is 11.9. The van der Waals surface area contributed by atoms with Crippen molar-refractivity contribution < 1.29 is 4.42 Å². The van der Waals surface area contributed by atoms with E-state index in [2.05, 4.69) is 176 Å². The van der Waals surface area contributed by atoms with Gasteiger partial charge in [-0.15, -0.1) is 0 Å². The molecule has 11 aromatic carbocycles. The molecule has 0 bridgehead atoms. The summed E-state index contributed by atoms with van der Waals surface area (Å²) < 4.78 is 6.60. The van der Waals surface area contributed by atoms with Crippen LogP contribution < -0.4 is 0 Å². The van der Waals surface area contributed by atoms with E-state index in [1.54, 1.807) is 0 Å². The van der Waals surface area contributed by atoms with Gasteiger partial charge < -0.3 is 4.42 Å². The van der Waals surface area contributed by atoms with Crippen molar-refractivity contribution in [2.45, 2.75) is 0 Å². The molecule has 0 aliphatic rings. The molecule has 3 aromatic heterocycles. The molecule has 6 nitrogen and oxygen atoms in total.